The summed E-state index contributed by atoms with van der Waals surface area (Å²) in [7, 11) is -1.66. The molecular weight excluding hydrogens is 296 g/mol. The van der Waals surface area contributed by atoms with Crippen molar-refractivity contribution in [3.05, 3.63) is 28.8 Å². The minimum absolute atomic E-state index is 0.0386. The summed E-state index contributed by atoms with van der Waals surface area (Å²) in [6.45, 7) is 2.53. The molecule has 1 aromatic carbocycles. The summed E-state index contributed by atoms with van der Waals surface area (Å²) in [5.74, 6) is 0.689. The van der Waals surface area contributed by atoms with E-state index in [9.17, 15) is 8.42 Å². The molecule has 1 aliphatic rings. The van der Waals surface area contributed by atoms with Crippen LogP contribution in [0.2, 0.25) is 5.02 Å². The molecule has 1 unspecified atom stereocenters. The first-order valence-corrected chi connectivity index (χ1v) is 8.74. The lowest BCUT2D eigenvalue weighted by atomic mass is 10.2. The van der Waals surface area contributed by atoms with Crippen LogP contribution >= 0.6 is 11.6 Å². The molecule has 4 nitrogen and oxygen atoms in total. The SMILES string of the molecule is CNCc1ccc(S(=O)(=O)NC(C)CC2CC2)cc1Cl. The van der Waals surface area contributed by atoms with Gasteiger partial charge in [0.05, 0.1) is 4.90 Å². The van der Waals surface area contributed by atoms with Crippen LogP contribution in [0.15, 0.2) is 23.1 Å². The molecule has 0 aromatic heterocycles. The van der Waals surface area contributed by atoms with Crippen LogP contribution in [0, 0.1) is 5.92 Å². The summed E-state index contributed by atoms with van der Waals surface area (Å²) in [5.41, 5.74) is 0.888. The van der Waals surface area contributed by atoms with Crippen molar-refractivity contribution in [2.75, 3.05) is 7.05 Å². The van der Waals surface area contributed by atoms with Crippen LogP contribution in [0.4, 0.5) is 0 Å². The molecule has 0 amide bonds. The minimum atomic E-state index is -3.49. The van der Waals surface area contributed by atoms with Gasteiger partial charge in [0.15, 0.2) is 0 Å². The van der Waals surface area contributed by atoms with Crippen molar-refractivity contribution >= 4 is 21.6 Å². The van der Waals surface area contributed by atoms with Crippen LogP contribution in [-0.2, 0) is 16.6 Å². The van der Waals surface area contributed by atoms with Gasteiger partial charge < -0.3 is 5.32 Å². The number of hydrogen-bond acceptors (Lipinski definition) is 3. The molecule has 1 atom stereocenters. The van der Waals surface area contributed by atoms with Crippen molar-refractivity contribution in [2.45, 2.75) is 43.7 Å². The maximum absolute atomic E-state index is 12.3. The van der Waals surface area contributed by atoms with Gasteiger partial charge in [-0.05, 0) is 44.0 Å². The minimum Gasteiger partial charge on any atom is -0.316 e. The van der Waals surface area contributed by atoms with Crippen LogP contribution in [-0.4, -0.2) is 21.5 Å². The average Bonchev–Trinajstić information content (AvgIpc) is 3.14. The fourth-order valence-corrected chi connectivity index (χ4v) is 3.86. The predicted octanol–water partition coefficient (Wildman–Crippen LogP) is 2.53. The topological polar surface area (TPSA) is 58.2 Å². The maximum atomic E-state index is 12.3. The molecule has 2 N–H and O–H groups in total. The Kier molecular flexibility index (Phi) is 5.07. The van der Waals surface area contributed by atoms with Crippen molar-refractivity contribution in [2.24, 2.45) is 5.92 Å². The first-order chi connectivity index (χ1) is 9.42. The number of nitrogens with one attached hydrogen (secondary N) is 2. The van der Waals surface area contributed by atoms with Gasteiger partial charge in [-0.25, -0.2) is 13.1 Å². The van der Waals surface area contributed by atoms with Crippen LogP contribution in [0.5, 0.6) is 0 Å². The summed E-state index contributed by atoms with van der Waals surface area (Å²) in [6, 6.07) is 4.83. The van der Waals surface area contributed by atoms with E-state index in [0.717, 1.165) is 12.0 Å². The van der Waals surface area contributed by atoms with Crippen molar-refractivity contribution in [3.8, 4) is 0 Å². The van der Waals surface area contributed by atoms with Gasteiger partial charge in [0.25, 0.3) is 0 Å². The number of halogens is 1. The summed E-state index contributed by atoms with van der Waals surface area (Å²) >= 11 is 6.11. The molecule has 2 rings (SSSR count). The van der Waals surface area contributed by atoms with Gasteiger partial charge in [-0.1, -0.05) is 30.5 Å². The lowest BCUT2D eigenvalue weighted by Gasteiger charge is -2.14. The van der Waals surface area contributed by atoms with E-state index >= 15 is 0 Å². The fourth-order valence-electron chi connectivity index (χ4n) is 2.26. The van der Waals surface area contributed by atoms with Gasteiger partial charge in [-0.2, -0.15) is 0 Å². The smallest absolute Gasteiger partial charge is 0.240 e. The highest BCUT2D eigenvalue weighted by Crippen LogP contribution is 2.33. The van der Waals surface area contributed by atoms with E-state index in [2.05, 4.69) is 10.0 Å². The molecule has 0 radical (unpaired) electrons. The van der Waals surface area contributed by atoms with Gasteiger partial charge in [0.1, 0.15) is 0 Å². The second kappa shape index (κ2) is 6.43. The number of hydrogen-bond donors (Lipinski definition) is 2. The van der Waals surface area contributed by atoms with Gasteiger partial charge in [0, 0.05) is 17.6 Å². The highest BCUT2D eigenvalue weighted by Gasteiger charge is 2.26. The molecule has 112 valence electrons. The van der Waals surface area contributed by atoms with Crippen molar-refractivity contribution in [1.82, 2.24) is 10.0 Å². The molecule has 1 fully saturated rings. The molecule has 0 heterocycles. The van der Waals surface area contributed by atoms with E-state index < -0.39 is 10.0 Å². The van der Waals surface area contributed by atoms with Crippen LogP contribution in [0.3, 0.4) is 0 Å². The molecule has 1 aromatic rings. The molecule has 0 spiro atoms. The summed E-state index contributed by atoms with van der Waals surface area (Å²) < 4.78 is 27.3. The van der Waals surface area contributed by atoms with Crippen LogP contribution in [0.1, 0.15) is 31.7 Å². The van der Waals surface area contributed by atoms with Crippen LogP contribution < -0.4 is 10.0 Å². The fraction of sp³-hybridized carbons (Fsp3) is 0.571. The molecular formula is C14H21ClN2O2S. The number of rotatable bonds is 7. The van der Waals surface area contributed by atoms with Crippen molar-refractivity contribution < 1.29 is 8.42 Å². The van der Waals surface area contributed by atoms with Crippen LogP contribution in [0.25, 0.3) is 0 Å². The monoisotopic (exact) mass is 316 g/mol. The summed E-state index contributed by atoms with van der Waals surface area (Å²) in [5, 5.41) is 3.46. The summed E-state index contributed by atoms with van der Waals surface area (Å²) in [6.07, 6.45) is 3.35. The van der Waals surface area contributed by atoms with Gasteiger partial charge in [-0.3, -0.25) is 0 Å². The third-order valence-electron chi connectivity index (χ3n) is 3.44. The van der Waals surface area contributed by atoms with Crippen molar-refractivity contribution in [3.63, 3.8) is 0 Å². The normalized spacial score (nSPS) is 17.1. The first kappa shape index (κ1) is 15.8. The Bertz CT molecular complexity index is 571. The number of sulfonamides is 1. The molecule has 0 saturated heterocycles. The lowest BCUT2D eigenvalue weighted by Crippen LogP contribution is -2.33. The highest BCUT2D eigenvalue weighted by molar-refractivity contribution is 7.89. The van der Waals surface area contributed by atoms with E-state index in [4.69, 9.17) is 11.6 Å². The van der Waals surface area contributed by atoms with E-state index in [1.165, 1.54) is 18.9 Å². The second-order valence-electron chi connectivity index (χ2n) is 5.48. The van der Waals surface area contributed by atoms with Crippen molar-refractivity contribution in [1.29, 1.82) is 0 Å². The Hall–Kier alpha value is -0.620. The van der Waals surface area contributed by atoms with E-state index in [-0.39, 0.29) is 10.9 Å². The third-order valence-corrected chi connectivity index (χ3v) is 5.38. The van der Waals surface area contributed by atoms with Gasteiger partial charge >= 0.3 is 0 Å². The first-order valence-electron chi connectivity index (χ1n) is 6.87. The summed E-state index contributed by atoms with van der Waals surface area (Å²) in [4.78, 5) is 0.227. The Morgan fingerprint density at radius 2 is 2.10 bits per heavy atom. The zero-order chi connectivity index (χ0) is 14.8. The zero-order valence-electron chi connectivity index (χ0n) is 11.8. The second-order valence-corrected chi connectivity index (χ2v) is 7.61. The molecule has 0 aliphatic heterocycles. The van der Waals surface area contributed by atoms with E-state index in [1.54, 1.807) is 12.1 Å². The maximum Gasteiger partial charge on any atom is 0.240 e. The lowest BCUT2D eigenvalue weighted by molar-refractivity contribution is 0.530. The largest absolute Gasteiger partial charge is 0.316 e. The predicted molar refractivity (Wildman–Crippen MR) is 81.3 cm³/mol. The number of benzene rings is 1. The van der Waals surface area contributed by atoms with E-state index in [1.807, 2.05) is 14.0 Å². The average molecular weight is 317 g/mol. The van der Waals surface area contributed by atoms with Gasteiger partial charge in [0.2, 0.25) is 10.0 Å². The Morgan fingerprint density at radius 1 is 1.40 bits per heavy atom. The highest BCUT2D eigenvalue weighted by atomic mass is 35.5. The van der Waals surface area contributed by atoms with Gasteiger partial charge in [-0.15, -0.1) is 0 Å². The Morgan fingerprint density at radius 3 is 2.65 bits per heavy atom. The Balaban J connectivity index is 2.09. The molecule has 0 bridgehead atoms. The molecule has 6 heteroatoms. The zero-order valence-corrected chi connectivity index (χ0v) is 13.4. The molecule has 1 aliphatic carbocycles. The molecule has 20 heavy (non-hydrogen) atoms. The van der Waals surface area contributed by atoms with E-state index in [0.29, 0.717) is 17.5 Å². The Labute approximate surface area is 126 Å². The molecule has 1 saturated carbocycles. The quantitative estimate of drug-likeness (QED) is 0.812. The third kappa shape index (κ3) is 4.19. The standard InChI is InChI=1S/C14H21ClN2O2S/c1-10(7-11-3-4-11)17-20(18,19)13-6-5-12(9-16-2)14(15)8-13/h5-6,8,10-11,16-17H,3-4,7,9H2,1-2H3.